The van der Waals surface area contributed by atoms with Crippen molar-refractivity contribution in [3.8, 4) is 0 Å². The summed E-state index contributed by atoms with van der Waals surface area (Å²) in [6, 6.07) is 8.75. The molecule has 2 aromatic heterocycles. The number of benzene rings is 1. The lowest BCUT2D eigenvalue weighted by Gasteiger charge is -2.22. The van der Waals surface area contributed by atoms with Crippen molar-refractivity contribution in [3.63, 3.8) is 0 Å². The Kier molecular flexibility index (Phi) is 6.04. The van der Waals surface area contributed by atoms with Crippen molar-refractivity contribution < 1.29 is 19.8 Å². The number of aliphatic hydroxyl groups excluding tert-OH is 2. The van der Waals surface area contributed by atoms with Gasteiger partial charge in [0.1, 0.15) is 10.0 Å². The Bertz CT molecular complexity index is 1110. The van der Waals surface area contributed by atoms with E-state index < -0.39 is 24.7 Å². The Morgan fingerprint density at radius 2 is 2.07 bits per heavy atom. The average molecular weight is 468 g/mol. The van der Waals surface area contributed by atoms with E-state index in [9.17, 15) is 14.7 Å². The van der Waals surface area contributed by atoms with Crippen molar-refractivity contribution in [2.24, 2.45) is 0 Å². The number of rotatable bonds is 6. The van der Waals surface area contributed by atoms with E-state index in [0.29, 0.717) is 27.0 Å². The number of carbonyl (C=O) groups excluding carboxylic acids is 2. The molecule has 2 heterocycles. The summed E-state index contributed by atoms with van der Waals surface area (Å²) < 4.78 is 1.23. The fourth-order valence-corrected chi connectivity index (χ4v) is 5.21. The molecule has 30 heavy (non-hydrogen) atoms. The number of nitrogens with one attached hydrogen (secondary N) is 3. The average Bonchev–Trinajstić information content (AvgIpc) is 3.38. The van der Waals surface area contributed by atoms with E-state index in [1.807, 2.05) is 24.3 Å². The molecule has 0 saturated heterocycles. The number of aromatic nitrogens is 1. The number of fused-ring (bicyclic) bond motifs is 2. The van der Waals surface area contributed by atoms with Gasteiger partial charge in [-0.25, -0.2) is 0 Å². The van der Waals surface area contributed by atoms with Gasteiger partial charge in [0.05, 0.1) is 33.9 Å². The van der Waals surface area contributed by atoms with Crippen LogP contribution in [0, 0.1) is 0 Å². The predicted molar refractivity (Wildman–Crippen MR) is 116 cm³/mol. The van der Waals surface area contributed by atoms with Crippen molar-refractivity contribution in [2.45, 2.75) is 24.5 Å². The van der Waals surface area contributed by atoms with Gasteiger partial charge in [0.15, 0.2) is 0 Å². The highest BCUT2D eigenvalue weighted by molar-refractivity contribution is 7.23. The van der Waals surface area contributed by atoms with Gasteiger partial charge in [0, 0.05) is 12.6 Å². The van der Waals surface area contributed by atoms with Crippen molar-refractivity contribution in [2.75, 3.05) is 13.2 Å². The summed E-state index contributed by atoms with van der Waals surface area (Å²) in [4.78, 5) is 28.7. The third-order valence-corrected chi connectivity index (χ3v) is 7.10. The van der Waals surface area contributed by atoms with E-state index in [0.717, 1.165) is 15.8 Å². The van der Waals surface area contributed by atoms with Gasteiger partial charge in [-0.3, -0.25) is 9.59 Å². The van der Waals surface area contributed by atoms with Crippen LogP contribution in [0.25, 0.3) is 10.2 Å². The molecule has 0 saturated carbocycles. The van der Waals surface area contributed by atoms with Crippen molar-refractivity contribution in [3.05, 3.63) is 56.5 Å². The lowest BCUT2D eigenvalue weighted by atomic mass is 9.97. The maximum atomic E-state index is 12.9. The summed E-state index contributed by atoms with van der Waals surface area (Å²) in [5, 5.41) is 24.5. The number of aromatic amines is 1. The molecule has 1 aliphatic rings. The molecule has 1 unspecified atom stereocenters. The molecule has 0 radical (unpaired) electrons. The molecule has 2 amide bonds. The highest BCUT2D eigenvalue weighted by Gasteiger charge is 2.38. The monoisotopic (exact) mass is 467 g/mol. The van der Waals surface area contributed by atoms with E-state index in [-0.39, 0.29) is 18.4 Å². The first-order chi connectivity index (χ1) is 14.4. The topological polar surface area (TPSA) is 114 Å². The van der Waals surface area contributed by atoms with Crippen LogP contribution in [0.1, 0.15) is 27.5 Å². The third kappa shape index (κ3) is 3.93. The van der Waals surface area contributed by atoms with Crippen molar-refractivity contribution in [1.82, 2.24) is 15.6 Å². The number of hydrogen-bond donors (Lipinski definition) is 5. The van der Waals surface area contributed by atoms with Crippen LogP contribution in [0.5, 0.6) is 0 Å². The Hall–Kier alpha value is -2.10. The summed E-state index contributed by atoms with van der Waals surface area (Å²) in [5.74, 6) is -1.28. The van der Waals surface area contributed by atoms with Gasteiger partial charge in [0.25, 0.3) is 5.91 Å². The lowest BCUT2D eigenvalue weighted by Crippen LogP contribution is -2.45. The first-order valence-electron chi connectivity index (χ1n) is 9.30. The highest BCUT2D eigenvalue weighted by Crippen LogP contribution is 2.39. The zero-order valence-corrected chi connectivity index (χ0v) is 17.9. The molecular formula is C20H19Cl2N3O4S. The maximum absolute atomic E-state index is 12.9. The lowest BCUT2D eigenvalue weighted by molar-refractivity contribution is -0.123. The minimum atomic E-state index is -1.04. The van der Waals surface area contributed by atoms with E-state index in [2.05, 4.69) is 15.6 Å². The number of amides is 2. The normalized spacial score (nSPS) is 18.9. The Balaban J connectivity index is 1.55. The zero-order valence-electron chi connectivity index (χ0n) is 15.6. The summed E-state index contributed by atoms with van der Waals surface area (Å²) in [7, 11) is 0. The number of halogens is 2. The molecule has 1 aromatic carbocycles. The largest absolute Gasteiger partial charge is 0.394 e. The summed E-state index contributed by atoms with van der Waals surface area (Å²) in [5.41, 5.74) is 2.76. The summed E-state index contributed by atoms with van der Waals surface area (Å²) >= 11 is 13.5. The van der Waals surface area contributed by atoms with Gasteiger partial charge in [-0.2, -0.15) is 0 Å². The van der Waals surface area contributed by atoms with Gasteiger partial charge in [0.2, 0.25) is 5.91 Å². The molecular weight excluding hydrogens is 449 g/mol. The van der Waals surface area contributed by atoms with Gasteiger partial charge < -0.3 is 25.8 Å². The standard InChI is InChI=1S/C20H19Cl2N3O4S/c21-16-17-14(30-18(16)22)6-13(24-17)19(28)25-12-5-9-3-1-2-4-11(9)15(12)20(29)23-7-10(27)8-26/h1-4,6,10,12,15,24,26-27H,5,7-8H2,(H,23,29)(H,25,28)/t10?,12-,15+/m1/s1. The SMILES string of the molecule is O=C(N[C@@H]1Cc2ccccc2[C@@H]1C(=O)NCC(O)CO)c1cc2sc(Cl)c(Cl)c2[nH]1. The number of carbonyl (C=O) groups is 2. The van der Waals surface area contributed by atoms with Crippen molar-refractivity contribution in [1.29, 1.82) is 0 Å². The smallest absolute Gasteiger partial charge is 0.268 e. The molecule has 3 atom stereocenters. The molecule has 7 nitrogen and oxygen atoms in total. The Labute approximate surface area is 186 Å². The quantitative estimate of drug-likeness (QED) is 0.382. The number of hydrogen-bond acceptors (Lipinski definition) is 5. The molecule has 0 aliphatic heterocycles. The number of aliphatic hydroxyl groups is 2. The van der Waals surface area contributed by atoms with E-state index in [4.69, 9.17) is 28.3 Å². The molecule has 3 aromatic rings. The molecule has 10 heteroatoms. The first kappa shape index (κ1) is 21.1. The third-order valence-electron chi connectivity index (χ3n) is 5.17. The summed E-state index contributed by atoms with van der Waals surface area (Å²) in [6.45, 7) is -0.515. The second-order valence-corrected chi connectivity index (χ2v) is 9.19. The summed E-state index contributed by atoms with van der Waals surface area (Å²) in [6.07, 6.45) is -0.536. The molecule has 1 aliphatic carbocycles. The minimum absolute atomic E-state index is 0.0686. The van der Waals surface area contributed by atoms with Crippen LogP contribution in [0.4, 0.5) is 0 Å². The van der Waals surface area contributed by atoms with Crippen LogP contribution in [0.15, 0.2) is 30.3 Å². The van der Waals surface area contributed by atoms with Gasteiger partial charge in [-0.15, -0.1) is 11.3 Å². The predicted octanol–water partition coefficient (Wildman–Crippen LogP) is 2.44. The second kappa shape index (κ2) is 8.56. The molecule has 158 valence electrons. The molecule has 0 fully saturated rings. The number of thiophene rings is 1. The van der Waals surface area contributed by atoms with E-state index >= 15 is 0 Å². The molecule has 5 N–H and O–H groups in total. The zero-order chi connectivity index (χ0) is 21.4. The van der Waals surface area contributed by atoms with Crippen LogP contribution in [-0.2, 0) is 11.2 Å². The fourth-order valence-electron chi connectivity index (χ4n) is 3.73. The van der Waals surface area contributed by atoms with Crippen LogP contribution in [0.3, 0.4) is 0 Å². The van der Waals surface area contributed by atoms with Crippen molar-refractivity contribution >= 4 is 56.6 Å². The first-order valence-corrected chi connectivity index (χ1v) is 10.9. The minimum Gasteiger partial charge on any atom is -0.394 e. The van der Waals surface area contributed by atoms with E-state index in [1.54, 1.807) is 6.07 Å². The van der Waals surface area contributed by atoms with Crippen LogP contribution >= 0.6 is 34.5 Å². The van der Waals surface area contributed by atoms with Crippen LogP contribution in [0.2, 0.25) is 9.36 Å². The Morgan fingerprint density at radius 3 is 2.80 bits per heavy atom. The number of H-pyrrole nitrogens is 1. The van der Waals surface area contributed by atoms with Gasteiger partial charge >= 0.3 is 0 Å². The molecule has 0 spiro atoms. The highest BCUT2D eigenvalue weighted by atomic mass is 35.5. The van der Waals surface area contributed by atoms with E-state index in [1.165, 1.54) is 11.3 Å². The molecule has 4 rings (SSSR count). The maximum Gasteiger partial charge on any atom is 0.268 e. The van der Waals surface area contributed by atoms with Crippen LogP contribution in [-0.4, -0.2) is 52.3 Å². The second-order valence-electron chi connectivity index (χ2n) is 7.15. The van der Waals surface area contributed by atoms with Gasteiger partial charge in [-0.05, 0) is 23.6 Å². The fraction of sp³-hybridized carbons (Fsp3) is 0.300. The molecule has 0 bridgehead atoms. The van der Waals surface area contributed by atoms with Crippen LogP contribution < -0.4 is 10.6 Å². The van der Waals surface area contributed by atoms with Gasteiger partial charge in [-0.1, -0.05) is 47.5 Å². The Morgan fingerprint density at radius 1 is 1.30 bits per heavy atom.